The number of nitrogens with one attached hydrogen (secondary N) is 1. The monoisotopic (exact) mass is 297 g/mol. The van der Waals surface area contributed by atoms with Gasteiger partial charge in [0.15, 0.2) is 0 Å². The smallest absolute Gasteiger partial charge is 0.253 e. The molecule has 116 valence electrons. The molecule has 4 nitrogen and oxygen atoms in total. The van der Waals surface area contributed by atoms with Crippen LogP contribution in [0, 0.1) is 0 Å². The number of para-hydroxylation sites is 1. The van der Waals surface area contributed by atoms with E-state index in [9.17, 15) is 4.79 Å². The first-order valence-electron chi connectivity index (χ1n) is 7.74. The molecule has 2 aromatic rings. The maximum Gasteiger partial charge on any atom is 0.253 e. The van der Waals surface area contributed by atoms with Crippen LogP contribution in [0.1, 0.15) is 37.6 Å². The van der Waals surface area contributed by atoms with Gasteiger partial charge in [0.25, 0.3) is 5.91 Å². The fourth-order valence-corrected chi connectivity index (χ4v) is 2.23. The molecular formula is C18H23N3O. The minimum absolute atomic E-state index is 0.0761. The Labute approximate surface area is 132 Å². The highest BCUT2D eigenvalue weighted by Crippen LogP contribution is 2.24. The quantitative estimate of drug-likeness (QED) is 0.883. The largest absolute Gasteiger partial charge is 0.350 e. The van der Waals surface area contributed by atoms with Crippen molar-refractivity contribution in [1.82, 2.24) is 10.3 Å². The molecule has 22 heavy (non-hydrogen) atoms. The van der Waals surface area contributed by atoms with E-state index in [1.54, 1.807) is 12.4 Å². The van der Waals surface area contributed by atoms with E-state index in [0.29, 0.717) is 5.56 Å². The van der Waals surface area contributed by atoms with Crippen molar-refractivity contribution >= 4 is 17.3 Å². The standard InChI is InChI=1S/C18H23N3O/c1-4-14(3)20-18(22)15-11-17(13-19-12-15)21(5-2)16-9-7-6-8-10-16/h6-14H,4-5H2,1-3H3,(H,20,22). The maximum atomic E-state index is 12.2. The minimum atomic E-state index is -0.0761. The summed E-state index contributed by atoms with van der Waals surface area (Å²) in [7, 11) is 0. The number of carbonyl (C=O) groups excluding carboxylic acids is 1. The van der Waals surface area contributed by atoms with Crippen LogP contribution < -0.4 is 10.2 Å². The molecule has 1 amide bonds. The van der Waals surface area contributed by atoms with Gasteiger partial charge in [-0.1, -0.05) is 25.1 Å². The van der Waals surface area contributed by atoms with Gasteiger partial charge >= 0.3 is 0 Å². The third-order valence-electron chi connectivity index (χ3n) is 3.67. The molecule has 1 N–H and O–H groups in total. The Hall–Kier alpha value is -2.36. The van der Waals surface area contributed by atoms with Gasteiger partial charge in [-0.3, -0.25) is 9.78 Å². The summed E-state index contributed by atoms with van der Waals surface area (Å²) >= 11 is 0. The Balaban J connectivity index is 2.25. The molecule has 1 unspecified atom stereocenters. The molecular weight excluding hydrogens is 274 g/mol. The molecule has 1 atom stereocenters. The molecule has 0 saturated heterocycles. The lowest BCUT2D eigenvalue weighted by molar-refractivity contribution is 0.0939. The van der Waals surface area contributed by atoms with E-state index < -0.39 is 0 Å². The van der Waals surface area contributed by atoms with Crippen LogP contribution in [0.15, 0.2) is 48.8 Å². The number of carbonyl (C=O) groups is 1. The number of pyridine rings is 1. The Morgan fingerprint density at radius 3 is 2.55 bits per heavy atom. The Kier molecular flexibility index (Phi) is 5.53. The lowest BCUT2D eigenvalue weighted by Crippen LogP contribution is -2.32. The summed E-state index contributed by atoms with van der Waals surface area (Å²) in [6, 6.07) is 12.2. The minimum Gasteiger partial charge on any atom is -0.350 e. The molecule has 1 aromatic carbocycles. The van der Waals surface area contributed by atoms with Gasteiger partial charge in [-0.2, -0.15) is 0 Å². The predicted octanol–water partition coefficient (Wildman–Crippen LogP) is 3.77. The van der Waals surface area contributed by atoms with Crippen molar-refractivity contribution in [1.29, 1.82) is 0 Å². The van der Waals surface area contributed by atoms with Crippen molar-refractivity contribution in [3.05, 3.63) is 54.4 Å². The third kappa shape index (κ3) is 3.85. The molecule has 0 aliphatic carbocycles. The first kappa shape index (κ1) is 16.0. The molecule has 0 aliphatic heterocycles. The average molecular weight is 297 g/mol. The second-order valence-corrected chi connectivity index (χ2v) is 5.29. The number of rotatable bonds is 6. The van der Waals surface area contributed by atoms with Crippen molar-refractivity contribution < 1.29 is 4.79 Å². The number of aromatic nitrogens is 1. The summed E-state index contributed by atoms with van der Waals surface area (Å²) in [5.41, 5.74) is 2.60. The van der Waals surface area contributed by atoms with Gasteiger partial charge < -0.3 is 10.2 Å². The first-order chi connectivity index (χ1) is 10.7. The Morgan fingerprint density at radius 1 is 1.18 bits per heavy atom. The number of anilines is 2. The maximum absolute atomic E-state index is 12.2. The van der Waals surface area contributed by atoms with Crippen LogP contribution in [0.5, 0.6) is 0 Å². The lowest BCUT2D eigenvalue weighted by atomic mass is 10.2. The van der Waals surface area contributed by atoms with Gasteiger partial charge in [0.05, 0.1) is 17.4 Å². The molecule has 0 fully saturated rings. The number of amides is 1. The highest BCUT2D eigenvalue weighted by molar-refractivity contribution is 5.95. The van der Waals surface area contributed by atoms with E-state index >= 15 is 0 Å². The van der Waals surface area contributed by atoms with Gasteiger partial charge in [0.1, 0.15) is 0 Å². The van der Waals surface area contributed by atoms with E-state index in [-0.39, 0.29) is 11.9 Å². The highest BCUT2D eigenvalue weighted by atomic mass is 16.1. The zero-order valence-corrected chi connectivity index (χ0v) is 13.4. The van der Waals surface area contributed by atoms with E-state index in [4.69, 9.17) is 0 Å². The second kappa shape index (κ2) is 7.59. The zero-order valence-electron chi connectivity index (χ0n) is 13.4. The zero-order chi connectivity index (χ0) is 15.9. The molecule has 0 saturated carbocycles. The SMILES string of the molecule is CCC(C)NC(=O)c1cncc(N(CC)c2ccccc2)c1. The van der Waals surface area contributed by atoms with Crippen LogP contribution in [0.3, 0.4) is 0 Å². The van der Waals surface area contributed by atoms with Gasteiger partial charge in [0, 0.05) is 24.5 Å². The summed E-state index contributed by atoms with van der Waals surface area (Å²) in [4.78, 5) is 18.6. The van der Waals surface area contributed by atoms with Crippen molar-refractivity contribution in [2.45, 2.75) is 33.2 Å². The van der Waals surface area contributed by atoms with Crippen molar-refractivity contribution in [3.63, 3.8) is 0 Å². The lowest BCUT2D eigenvalue weighted by Gasteiger charge is -2.23. The van der Waals surface area contributed by atoms with Gasteiger partial charge in [-0.15, -0.1) is 0 Å². The summed E-state index contributed by atoms with van der Waals surface area (Å²) in [5.74, 6) is -0.0761. The van der Waals surface area contributed by atoms with E-state index in [2.05, 4.69) is 34.3 Å². The van der Waals surface area contributed by atoms with E-state index in [1.807, 2.05) is 38.1 Å². The van der Waals surface area contributed by atoms with Crippen LogP contribution in [-0.4, -0.2) is 23.5 Å². The molecule has 1 heterocycles. The topological polar surface area (TPSA) is 45.2 Å². The van der Waals surface area contributed by atoms with E-state index in [1.165, 1.54) is 0 Å². The van der Waals surface area contributed by atoms with Crippen LogP contribution in [-0.2, 0) is 0 Å². The van der Waals surface area contributed by atoms with Crippen LogP contribution >= 0.6 is 0 Å². The van der Waals surface area contributed by atoms with Crippen molar-refractivity contribution in [2.75, 3.05) is 11.4 Å². The van der Waals surface area contributed by atoms with Crippen LogP contribution in [0.25, 0.3) is 0 Å². The molecule has 2 rings (SSSR count). The molecule has 0 radical (unpaired) electrons. The molecule has 0 spiro atoms. The van der Waals surface area contributed by atoms with E-state index in [0.717, 1.165) is 24.3 Å². The van der Waals surface area contributed by atoms with Gasteiger partial charge in [-0.25, -0.2) is 0 Å². The molecule has 0 aliphatic rings. The fraction of sp³-hybridized carbons (Fsp3) is 0.333. The van der Waals surface area contributed by atoms with Crippen molar-refractivity contribution in [3.8, 4) is 0 Å². The van der Waals surface area contributed by atoms with Crippen LogP contribution in [0.4, 0.5) is 11.4 Å². The Bertz CT molecular complexity index is 613. The average Bonchev–Trinajstić information content (AvgIpc) is 2.56. The second-order valence-electron chi connectivity index (χ2n) is 5.29. The summed E-state index contributed by atoms with van der Waals surface area (Å²) < 4.78 is 0. The molecule has 4 heteroatoms. The highest BCUT2D eigenvalue weighted by Gasteiger charge is 2.12. The van der Waals surface area contributed by atoms with Crippen molar-refractivity contribution in [2.24, 2.45) is 0 Å². The molecule has 1 aromatic heterocycles. The third-order valence-corrected chi connectivity index (χ3v) is 3.67. The number of nitrogens with zero attached hydrogens (tertiary/aromatic N) is 2. The number of hydrogen-bond donors (Lipinski definition) is 1. The number of benzene rings is 1. The molecule has 0 bridgehead atoms. The summed E-state index contributed by atoms with van der Waals surface area (Å²) in [5, 5.41) is 2.97. The normalized spacial score (nSPS) is 11.8. The fourth-order valence-electron chi connectivity index (χ4n) is 2.23. The summed E-state index contributed by atoms with van der Waals surface area (Å²) in [6.07, 6.45) is 4.31. The number of hydrogen-bond acceptors (Lipinski definition) is 3. The first-order valence-corrected chi connectivity index (χ1v) is 7.74. The van der Waals surface area contributed by atoms with Crippen LogP contribution in [0.2, 0.25) is 0 Å². The van der Waals surface area contributed by atoms with Gasteiger partial charge in [-0.05, 0) is 38.5 Å². The van der Waals surface area contributed by atoms with Gasteiger partial charge in [0.2, 0.25) is 0 Å². The predicted molar refractivity (Wildman–Crippen MR) is 90.6 cm³/mol. The summed E-state index contributed by atoms with van der Waals surface area (Å²) in [6.45, 7) is 6.94. The Morgan fingerprint density at radius 2 is 1.91 bits per heavy atom.